The number of carbonyl (C=O) groups excluding carboxylic acids is 1. The Morgan fingerprint density at radius 2 is 2.24 bits per heavy atom. The van der Waals surface area contributed by atoms with E-state index >= 15 is 0 Å². The molecule has 90 valence electrons. The quantitative estimate of drug-likeness (QED) is 0.775. The molecule has 1 aromatic rings. The lowest BCUT2D eigenvalue weighted by Gasteiger charge is -2.18. The Morgan fingerprint density at radius 1 is 1.53 bits per heavy atom. The smallest absolute Gasteiger partial charge is 0.323 e. The van der Waals surface area contributed by atoms with E-state index in [1.165, 1.54) is 12.3 Å². The number of aromatic nitrogens is 1. The maximum absolute atomic E-state index is 12.9. The zero-order valence-electron chi connectivity index (χ0n) is 8.97. The molecule has 1 N–H and O–H groups in total. The molecule has 0 saturated heterocycles. The summed E-state index contributed by atoms with van der Waals surface area (Å²) >= 11 is 0. The average molecular weight is 238 g/mol. The summed E-state index contributed by atoms with van der Waals surface area (Å²) in [6.45, 7) is 3.03. The van der Waals surface area contributed by atoms with Gasteiger partial charge in [0, 0.05) is 12.7 Å². The Labute approximate surface area is 97.2 Å². The zero-order chi connectivity index (χ0) is 12.8. The normalized spacial score (nSPS) is 9.71. The predicted molar refractivity (Wildman–Crippen MR) is 57.9 cm³/mol. The van der Waals surface area contributed by atoms with E-state index in [2.05, 4.69) is 11.6 Å². The van der Waals surface area contributed by atoms with Crippen LogP contribution in [0.3, 0.4) is 0 Å². The van der Waals surface area contributed by atoms with Crippen LogP contribution in [0.1, 0.15) is 10.4 Å². The standard InChI is InChI=1S/C11H11FN2O3/c1-2-3-14(7-10(15)16)11(17)8-4-9(12)6-13-5-8/h2,4-6H,1,3,7H2,(H,15,16). The minimum absolute atomic E-state index is 0.00750. The van der Waals surface area contributed by atoms with E-state index < -0.39 is 24.2 Å². The van der Waals surface area contributed by atoms with E-state index in [0.29, 0.717) is 0 Å². The molecule has 0 aromatic carbocycles. The highest BCUT2D eigenvalue weighted by atomic mass is 19.1. The topological polar surface area (TPSA) is 70.5 Å². The lowest BCUT2D eigenvalue weighted by Crippen LogP contribution is -2.35. The number of aliphatic carboxylic acids is 1. The minimum atomic E-state index is -1.15. The van der Waals surface area contributed by atoms with Crippen molar-refractivity contribution in [1.82, 2.24) is 9.88 Å². The summed E-state index contributed by atoms with van der Waals surface area (Å²) in [5.74, 6) is -2.39. The van der Waals surface area contributed by atoms with Crippen molar-refractivity contribution in [3.63, 3.8) is 0 Å². The number of carbonyl (C=O) groups is 2. The number of pyridine rings is 1. The predicted octanol–water partition coefficient (Wildman–Crippen LogP) is 0.933. The van der Waals surface area contributed by atoms with E-state index in [9.17, 15) is 14.0 Å². The first-order chi connectivity index (χ1) is 8.04. The van der Waals surface area contributed by atoms with Crippen molar-refractivity contribution in [3.8, 4) is 0 Å². The van der Waals surface area contributed by atoms with Gasteiger partial charge in [0.05, 0.1) is 11.8 Å². The summed E-state index contributed by atoms with van der Waals surface area (Å²) in [5.41, 5.74) is 0.00750. The van der Waals surface area contributed by atoms with E-state index in [1.807, 2.05) is 0 Å². The lowest BCUT2D eigenvalue weighted by molar-refractivity contribution is -0.137. The van der Waals surface area contributed by atoms with E-state index in [1.54, 1.807) is 0 Å². The molecule has 0 spiro atoms. The van der Waals surface area contributed by atoms with Crippen LogP contribution in [0.5, 0.6) is 0 Å². The number of hydrogen-bond donors (Lipinski definition) is 1. The molecule has 0 aliphatic carbocycles. The third kappa shape index (κ3) is 3.67. The van der Waals surface area contributed by atoms with Gasteiger partial charge >= 0.3 is 5.97 Å². The molecule has 0 radical (unpaired) electrons. The molecule has 1 aromatic heterocycles. The van der Waals surface area contributed by atoms with Gasteiger partial charge in [-0.2, -0.15) is 0 Å². The Hall–Kier alpha value is -2.24. The molecule has 0 saturated carbocycles. The van der Waals surface area contributed by atoms with Gasteiger partial charge in [0.15, 0.2) is 0 Å². The maximum Gasteiger partial charge on any atom is 0.323 e. The molecule has 0 atom stereocenters. The fraction of sp³-hybridized carbons (Fsp3) is 0.182. The van der Waals surface area contributed by atoms with Gasteiger partial charge in [-0.1, -0.05) is 6.08 Å². The highest BCUT2D eigenvalue weighted by molar-refractivity contribution is 5.95. The van der Waals surface area contributed by atoms with E-state index in [-0.39, 0.29) is 12.1 Å². The molecular weight excluding hydrogens is 227 g/mol. The third-order valence-electron chi connectivity index (χ3n) is 1.91. The molecule has 0 bridgehead atoms. The summed E-state index contributed by atoms with van der Waals surface area (Å²) in [6.07, 6.45) is 3.54. The van der Waals surface area contributed by atoms with Crippen molar-refractivity contribution in [2.75, 3.05) is 13.1 Å². The number of carboxylic acid groups (broad SMARTS) is 1. The van der Waals surface area contributed by atoms with Crippen LogP contribution in [0.4, 0.5) is 4.39 Å². The van der Waals surface area contributed by atoms with Crippen molar-refractivity contribution in [2.24, 2.45) is 0 Å². The Bertz CT molecular complexity index is 448. The third-order valence-corrected chi connectivity index (χ3v) is 1.91. The van der Waals surface area contributed by atoms with Crippen LogP contribution in [0.15, 0.2) is 31.1 Å². The second kappa shape index (κ2) is 5.74. The van der Waals surface area contributed by atoms with Gasteiger partial charge in [0.25, 0.3) is 5.91 Å². The van der Waals surface area contributed by atoms with Crippen LogP contribution < -0.4 is 0 Å². The Kier molecular flexibility index (Phi) is 4.33. The van der Waals surface area contributed by atoms with Crippen molar-refractivity contribution in [2.45, 2.75) is 0 Å². The van der Waals surface area contributed by atoms with Gasteiger partial charge in [-0.15, -0.1) is 6.58 Å². The van der Waals surface area contributed by atoms with Crippen molar-refractivity contribution < 1.29 is 19.1 Å². The monoisotopic (exact) mass is 238 g/mol. The minimum Gasteiger partial charge on any atom is -0.480 e. The van der Waals surface area contributed by atoms with Gasteiger partial charge in [0.1, 0.15) is 12.4 Å². The first kappa shape index (κ1) is 12.8. The van der Waals surface area contributed by atoms with Crippen LogP contribution in [-0.2, 0) is 4.79 Å². The highest BCUT2D eigenvalue weighted by Crippen LogP contribution is 2.05. The molecule has 1 heterocycles. The number of hydrogen-bond acceptors (Lipinski definition) is 3. The summed E-state index contributed by atoms with van der Waals surface area (Å²) in [5, 5.41) is 8.64. The number of carboxylic acids is 1. The van der Waals surface area contributed by atoms with Gasteiger partial charge in [-0.3, -0.25) is 14.6 Å². The van der Waals surface area contributed by atoms with Gasteiger partial charge in [0.2, 0.25) is 0 Å². The second-order valence-corrected chi connectivity index (χ2v) is 3.26. The molecule has 0 fully saturated rings. The van der Waals surface area contributed by atoms with Crippen molar-refractivity contribution in [1.29, 1.82) is 0 Å². The molecule has 0 aliphatic heterocycles. The average Bonchev–Trinajstić information content (AvgIpc) is 2.27. The zero-order valence-corrected chi connectivity index (χ0v) is 8.97. The first-order valence-electron chi connectivity index (χ1n) is 4.77. The van der Waals surface area contributed by atoms with Gasteiger partial charge in [-0.25, -0.2) is 4.39 Å². The van der Waals surface area contributed by atoms with E-state index in [4.69, 9.17) is 5.11 Å². The molecule has 1 rings (SSSR count). The number of amides is 1. The molecule has 5 nitrogen and oxygen atoms in total. The summed E-state index contributed by atoms with van der Waals surface area (Å²) < 4.78 is 12.9. The van der Waals surface area contributed by atoms with Crippen LogP contribution in [-0.4, -0.2) is 40.0 Å². The van der Waals surface area contributed by atoms with E-state index in [0.717, 1.165) is 17.2 Å². The molecule has 0 aliphatic rings. The van der Waals surface area contributed by atoms with Crippen LogP contribution in [0.2, 0.25) is 0 Å². The highest BCUT2D eigenvalue weighted by Gasteiger charge is 2.17. The number of rotatable bonds is 5. The SMILES string of the molecule is C=CCN(CC(=O)O)C(=O)c1cncc(F)c1. The summed E-state index contributed by atoms with van der Waals surface area (Å²) in [7, 11) is 0. The molecule has 0 unspecified atom stereocenters. The number of nitrogens with zero attached hydrogens (tertiary/aromatic N) is 2. The molecule has 17 heavy (non-hydrogen) atoms. The molecular formula is C11H11FN2O3. The van der Waals surface area contributed by atoms with Crippen LogP contribution >= 0.6 is 0 Å². The van der Waals surface area contributed by atoms with Gasteiger partial charge < -0.3 is 10.0 Å². The van der Waals surface area contributed by atoms with Crippen LogP contribution in [0.25, 0.3) is 0 Å². The Balaban J connectivity index is 2.90. The first-order valence-corrected chi connectivity index (χ1v) is 4.77. The van der Waals surface area contributed by atoms with Crippen molar-refractivity contribution in [3.05, 3.63) is 42.5 Å². The fourth-order valence-electron chi connectivity index (χ4n) is 1.25. The fourth-order valence-corrected chi connectivity index (χ4v) is 1.25. The van der Waals surface area contributed by atoms with Gasteiger partial charge in [-0.05, 0) is 6.07 Å². The molecule has 6 heteroatoms. The largest absolute Gasteiger partial charge is 0.480 e. The number of halogens is 1. The molecule has 1 amide bonds. The lowest BCUT2D eigenvalue weighted by atomic mass is 10.2. The maximum atomic E-state index is 12.9. The Morgan fingerprint density at radius 3 is 2.76 bits per heavy atom. The second-order valence-electron chi connectivity index (χ2n) is 3.26. The summed E-state index contributed by atoms with van der Waals surface area (Å²) in [4.78, 5) is 27.0. The summed E-state index contributed by atoms with van der Waals surface area (Å²) in [6, 6.07) is 1.01. The van der Waals surface area contributed by atoms with Crippen LogP contribution in [0, 0.1) is 5.82 Å². The van der Waals surface area contributed by atoms with Crippen molar-refractivity contribution >= 4 is 11.9 Å².